The average molecular weight is 1350 g/mol. The summed E-state index contributed by atoms with van der Waals surface area (Å²) in [7, 11) is 1.29. The van der Waals surface area contributed by atoms with Gasteiger partial charge in [0.1, 0.15) is 19.8 Å². The number of unbranched alkanes of at least 4 members (excludes halogenated alkanes) is 9. The van der Waals surface area contributed by atoms with Gasteiger partial charge < -0.3 is 42.6 Å². The van der Waals surface area contributed by atoms with Gasteiger partial charge in [-0.15, -0.1) is 0 Å². The number of carbonyl (C=O) groups excluding carboxylic acids is 8. The van der Waals surface area contributed by atoms with Gasteiger partial charge in [-0.05, 0) is 130 Å². The van der Waals surface area contributed by atoms with Crippen LogP contribution in [-0.4, -0.2) is 107 Å². The molecule has 4 unspecified atom stereocenters. The fraction of sp³-hybridized carbons (Fsp3) is 0.457. The predicted octanol–water partition coefficient (Wildman–Crippen LogP) is 18.3. The van der Waals surface area contributed by atoms with Crippen molar-refractivity contribution in [3.05, 3.63) is 214 Å². The molecule has 0 aliphatic heterocycles. The number of methoxy groups -OCH3 is 1. The zero-order chi connectivity index (χ0) is 71.6. The van der Waals surface area contributed by atoms with Gasteiger partial charge >= 0.3 is 47.8 Å². The molecule has 17 nitrogen and oxygen atoms in total. The van der Waals surface area contributed by atoms with Gasteiger partial charge in [0.25, 0.3) is 0 Å². The minimum absolute atomic E-state index is 0.130. The van der Waals surface area contributed by atoms with E-state index in [0.717, 1.165) is 82.6 Å². The Balaban J connectivity index is 0.000000341. The first kappa shape index (κ1) is 83.3. The van der Waals surface area contributed by atoms with Crippen LogP contribution in [0, 0.1) is 11.8 Å². The number of ether oxygens (including phenoxy) is 9. The maximum absolute atomic E-state index is 12.2. The molecule has 0 fully saturated rings. The van der Waals surface area contributed by atoms with Gasteiger partial charge in [-0.25, -0.2) is 38.4 Å². The first-order chi connectivity index (χ1) is 47.5. The zero-order valence-electron chi connectivity index (χ0n) is 59.3. The van der Waals surface area contributed by atoms with Crippen molar-refractivity contribution >= 4 is 47.8 Å². The summed E-state index contributed by atoms with van der Waals surface area (Å²) in [5.74, 6) is -2.63. The van der Waals surface area contributed by atoms with E-state index >= 15 is 0 Å². The minimum atomic E-state index is -0.531. The van der Waals surface area contributed by atoms with Crippen molar-refractivity contribution in [3.8, 4) is 0 Å². The van der Waals surface area contributed by atoms with Gasteiger partial charge in [-0.2, -0.15) is 0 Å². The van der Waals surface area contributed by atoms with E-state index in [9.17, 15) is 38.4 Å². The van der Waals surface area contributed by atoms with Gasteiger partial charge in [-0.1, -0.05) is 216 Å². The van der Waals surface area contributed by atoms with E-state index < -0.39 is 23.9 Å². The van der Waals surface area contributed by atoms with Crippen LogP contribution < -0.4 is 0 Å². The number of rotatable bonds is 39. The summed E-state index contributed by atoms with van der Waals surface area (Å²) < 4.78 is 47.4. The number of esters is 8. The molecule has 6 rings (SSSR count). The molecular weight excluding hydrogens is 1240 g/mol. The third-order valence-corrected chi connectivity index (χ3v) is 15.6. The van der Waals surface area contributed by atoms with Crippen molar-refractivity contribution < 1.29 is 81.0 Å². The standard InChI is InChI=1S/C24H38O4.C20H22O5.C19H20O4.C18H26O4/c1-5-9-11-19(7-3)17-27-23(25)21-13-15-22(16-14-21)24(26)28-18-20(8-4)12-10-6-2;1-15(13-23-19(21)17-9-5-3-6-10-17)25-16(2)14-24-20(22)18-11-7-4-8-12-18;1-2-3-13-22-18(20)16-11-7-8-12-17(16)19(21)23-14-15-9-5-4-6-10-15;1-3-4-5-6-7-8-11-14-22-18(20)16-13-10-9-12-15(16)17(19)21-2/h13-16,19-20H,5-12,17-18H2,1-4H3;3-12,15-16H,13-14H2,1-2H3;4-12H,2-3,13-14H2,1H3;9-10,12-13H,3-8,11,14H2,1-2H3. The van der Waals surface area contributed by atoms with E-state index in [1.807, 2.05) is 49.4 Å². The molecule has 0 heterocycles. The van der Waals surface area contributed by atoms with E-state index in [2.05, 4.69) is 39.4 Å². The molecule has 0 saturated carbocycles. The molecule has 0 saturated heterocycles. The number of hydrogen-bond donors (Lipinski definition) is 0. The first-order valence-corrected chi connectivity index (χ1v) is 34.9. The van der Waals surface area contributed by atoms with Gasteiger partial charge in [0.2, 0.25) is 0 Å². The Hall–Kier alpha value is -8.96. The Morgan fingerprint density at radius 1 is 0.306 bits per heavy atom. The lowest BCUT2D eigenvalue weighted by Crippen LogP contribution is -2.27. The maximum Gasteiger partial charge on any atom is 0.339 e. The van der Waals surface area contributed by atoms with Crippen LogP contribution in [0.25, 0.3) is 0 Å². The quantitative estimate of drug-likeness (QED) is 0.0199. The summed E-state index contributed by atoms with van der Waals surface area (Å²) in [6.07, 6.45) is 18.1. The molecule has 17 heteroatoms. The molecule has 0 aliphatic rings. The fourth-order valence-corrected chi connectivity index (χ4v) is 9.55. The molecule has 4 atom stereocenters. The summed E-state index contributed by atoms with van der Waals surface area (Å²) in [4.78, 5) is 96.2. The second-order valence-corrected chi connectivity index (χ2v) is 23.7. The molecule has 0 bridgehead atoms. The third-order valence-electron chi connectivity index (χ3n) is 15.6. The zero-order valence-corrected chi connectivity index (χ0v) is 59.3. The van der Waals surface area contributed by atoms with Crippen LogP contribution in [0.3, 0.4) is 0 Å². The Labute approximate surface area is 581 Å². The Morgan fingerprint density at radius 3 is 1.00 bits per heavy atom. The molecular formula is C81H106O17. The SMILES string of the molecule is CC(COC(=O)c1ccccc1)OC(C)COC(=O)c1ccccc1.CCCCC(CC)COC(=O)c1ccc(C(=O)OCC(CC)CCCC)cc1.CCCCCCCCCOC(=O)c1ccccc1C(=O)OC.CCCCOC(=O)c1ccccc1C(=O)OCc1ccccc1. The molecule has 0 aliphatic carbocycles. The van der Waals surface area contributed by atoms with E-state index in [1.165, 1.54) is 39.2 Å². The predicted molar refractivity (Wildman–Crippen MR) is 380 cm³/mol. The Kier molecular flexibility index (Phi) is 43.6. The second-order valence-electron chi connectivity index (χ2n) is 23.7. The van der Waals surface area contributed by atoms with Crippen LogP contribution in [-0.2, 0) is 49.2 Å². The topological polar surface area (TPSA) is 220 Å². The molecule has 0 aromatic heterocycles. The van der Waals surface area contributed by atoms with Gasteiger partial charge in [0.05, 0.1) is 90.3 Å². The molecule has 0 amide bonds. The van der Waals surface area contributed by atoms with Crippen LogP contribution in [0.2, 0.25) is 0 Å². The van der Waals surface area contributed by atoms with E-state index in [4.69, 9.17) is 37.9 Å². The van der Waals surface area contributed by atoms with Crippen LogP contribution in [0.15, 0.2) is 164 Å². The molecule has 0 radical (unpaired) electrons. The summed E-state index contributed by atoms with van der Waals surface area (Å²) >= 11 is 0. The molecule has 6 aromatic rings. The first-order valence-electron chi connectivity index (χ1n) is 34.9. The Morgan fingerprint density at radius 2 is 0.622 bits per heavy atom. The number of hydrogen-bond acceptors (Lipinski definition) is 17. The highest BCUT2D eigenvalue weighted by molar-refractivity contribution is 6.04. The number of carbonyl (C=O) groups is 8. The highest BCUT2D eigenvalue weighted by Gasteiger charge is 2.22. The van der Waals surface area contributed by atoms with Gasteiger partial charge in [-0.3, -0.25) is 0 Å². The maximum atomic E-state index is 12.2. The summed E-state index contributed by atoms with van der Waals surface area (Å²) in [5, 5.41) is 0. The normalized spacial score (nSPS) is 11.7. The molecule has 0 spiro atoms. The van der Waals surface area contributed by atoms with Gasteiger partial charge in [0.15, 0.2) is 0 Å². The van der Waals surface area contributed by atoms with Crippen LogP contribution in [0.1, 0.15) is 253 Å². The van der Waals surface area contributed by atoms with Crippen molar-refractivity contribution in [1.82, 2.24) is 0 Å². The highest BCUT2D eigenvalue weighted by Crippen LogP contribution is 2.19. The monoisotopic (exact) mass is 1350 g/mol. The summed E-state index contributed by atoms with van der Waals surface area (Å²) in [6, 6.07) is 46.6. The highest BCUT2D eigenvalue weighted by atomic mass is 16.6. The van der Waals surface area contributed by atoms with Gasteiger partial charge in [0, 0.05) is 0 Å². The smallest absolute Gasteiger partial charge is 0.339 e. The van der Waals surface area contributed by atoms with Crippen molar-refractivity contribution in [3.63, 3.8) is 0 Å². The van der Waals surface area contributed by atoms with E-state index in [-0.39, 0.29) is 78.2 Å². The van der Waals surface area contributed by atoms with Crippen molar-refractivity contribution in [1.29, 1.82) is 0 Å². The molecule has 98 heavy (non-hydrogen) atoms. The average Bonchev–Trinajstić information content (AvgIpc) is 0.869. The lowest BCUT2D eigenvalue weighted by atomic mass is 10.0. The van der Waals surface area contributed by atoms with Crippen molar-refractivity contribution in [2.45, 2.75) is 183 Å². The van der Waals surface area contributed by atoms with Crippen LogP contribution in [0.4, 0.5) is 0 Å². The lowest BCUT2D eigenvalue weighted by Gasteiger charge is -2.19. The summed E-state index contributed by atoms with van der Waals surface area (Å²) in [6.45, 7) is 18.5. The van der Waals surface area contributed by atoms with E-state index in [1.54, 1.807) is 135 Å². The van der Waals surface area contributed by atoms with Crippen molar-refractivity contribution in [2.75, 3.05) is 46.8 Å². The fourth-order valence-electron chi connectivity index (χ4n) is 9.55. The molecule has 532 valence electrons. The Bertz CT molecular complexity index is 3090. The third kappa shape index (κ3) is 34.3. The minimum Gasteiger partial charge on any atom is -0.465 e. The molecule has 6 aromatic carbocycles. The van der Waals surface area contributed by atoms with E-state index in [0.29, 0.717) is 60.5 Å². The summed E-state index contributed by atoms with van der Waals surface area (Å²) in [5.41, 5.74) is 3.80. The van der Waals surface area contributed by atoms with Crippen molar-refractivity contribution in [2.24, 2.45) is 11.8 Å². The lowest BCUT2D eigenvalue weighted by molar-refractivity contribution is -0.0546. The molecule has 0 N–H and O–H groups in total. The largest absolute Gasteiger partial charge is 0.465 e. The number of benzene rings is 6. The van der Waals surface area contributed by atoms with Crippen LogP contribution >= 0.6 is 0 Å². The van der Waals surface area contributed by atoms with Crippen LogP contribution in [0.5, 0.6) is 0 Å². The second kappa shape index (κ2) is 51.3.